The molecule has 50 valence electrons. The summed E-state index contributed by atoms with van der Waals surface area (Å²) in [4.78, 5) is 5.26. The van der Waals surface area contributed by atoms with Gasteiger partial charge in [-0.15, -0.1) is 0 Å². The SMILES string of the molecule is C=Nn1cc2nccc-2o1. The minimum absolute atomic E-state index is 0.729. The Morgan fingerprint density at radius 2 is 2.60 bits per heavy atom. The molecule has 0 aromatic rings. The van der Waals surface area contributed by atoms with Gasteiger partial charge in [0.05, 0.1) is 6.20 Å². The molecule has 0 N–H and O–H groups in total. The smallest absolute Gasteiger partial charge is 0.186 e. The van der Waals surface area contributed by atoms with Crippen LogP contribution in [-0.2, 0) is 0 Å². The maximum atomic E-state index is 5.08. The Morgan fingerprint density at radius 1 is 1.70 bits per heavy atom. The number of nitrogens with zero attached hydrogens (tertiary/aromatic N) is 3. The van der Waals surface area contributed by atoms with E-state index in [9.17, 15) is 0 Å². The lowest BCUT2D eigenvalue weighted by Crippen LogP contribution is -1.76. The van der Waals surface area contributed by atoms with E-state index in [1.54, 1.807) is 18.5 Å². The van der Waals surface area contributed by atoms with E-state index in [0.29, 0.717) is 0 Å². The van der Waals surface area contributed by atoms with Crippen LogP contribution in [-0.4, -0.2) is 16.6 Å². The van der Waals surface area contributed by atoms with Crippen molar-refractivity contribution in [1.82, 2.24) is 9.83 Å². The molecule has 0 unspecified atom stereocenters. The van der Waals surface area contributed by atoms with Crippen LogP contribution >= 0.6 is 0 Å². The van der Waals surface area contributed by atoms with Crippen LogP contribution in [0.5, 0.6) is 0 Å². The third kappa shape index (κ3) is 0.556. The van der Waals surface area contributed by atoms with Crippen LogP contribution in [0.3, 0.4) is 0 Å². The maximum Gasteiger partial charge on any atom is 0.186 e. The quantitative estimate of drug-likeness (QED) is 0.548. The van der Waals surface area contributed by atoms with E-state index in [2.05, 4.69) is 16.8 Å². The molecule has 0 amide bonds. The highest BCUT2D eigenvalue weighted by Gasteiger charge is 2.08. The van der Waals surface area contributed by atoms with Gasteiger partial charge < -0.3 is 4.52 Å². The molecule has 10 heavy (non-hydrogen) atoms. The van der Waals surface area contributed by atoms with Crippen molar-refractivity contribution in [2.75, 3.05) is 0 Å². The first-order chi connectivity index (χ1) is 4.90. The van der Waals surface area contributed by atoms with Gasteiger partial charge in [-0.05, 0) is 0 Å². The van der Waals surface area contributed by atoms with Gasteiger partial charge in [-0.3, -0.25) is 4.98 Å². The molecule has 0 atom stereocenters. The van der Waals surface area contributed by atoms with Crippen LogP contribution < -0.4 is 0 Å². The van der Waals surface area contributed by atoms with Crippen LogP contribution in [0, 0.1) is 0 Å². The molecule has 2 aliphatic rings. The van der Waals surface area contributed by atoms with Gasteiger partial charge in [-0.1, -0.05) is 4.85 Å². The summed E-state index contributed by atoms with van der Waals surface area (Å²) in [7, 11) is 0. The normalized spacial score (nSPS) is 10.4. The van der Waals surface area contributed by atoms with E-state index < -0.39 is 0 Å². The summed E-state index contributed by atoms with van der Waals surface area (Å²) in [5.41, 5.74) is 0.799. The van der Waals surface area contributed by atoms with Crippen molar-refractivity contribution in [3.63, 3.8) is 0 Å². The van der Waals surface area contributed by atoms with Crippen LogP contribution in [0.2, 0.25) is 0 Å². The van der Waals surface area contributed by atoms with E-state index >= 15 is 0 Å². The second-order valence-corrected chi connectivity index (χ2v) is 1.86. The summed E-state index contributed by atoms with van der Waals surface area (Å²) < 4.78 is 5.08. The first-order valence-corrected chi connectivity index (χ1v) is 2.80. The zero-order chi connectivity index (χ0) is 6.97. The molecule has 2 aliphatic heterocycles. The number of fused-ring (bicyclic) bond motifs is 1. The topological polar surface area (TPSA) is 43.3 Å². The average Bonchev–Trinajstić information content (AvgIpc) is 2.42. The molecule has 0 bridgehead atoms. The second kappa shape index (κ2) is 1.70. The van der Waals surface area contributed by atoms with Crippen LogP contribution in [0.15, 0.2) is 28.1 Å². The maximum absolute atomic E-state index is 5.08. The van der Waals surface area contributed by atoms with Gasteiger partial charge in [0, 0.05) is 19.0 Å². The molecule has 2 rings (SSSR count). The summed E-state index contributed by atoms with van der Waals surface area (Å²) >= 11 is 0. The van der Waals surface area contributed by atoms with E-state index in [1.807, 2.05) is 0 Å². The minimum atomic E-state index is 0.729. The fraction of sp³-hybridized carbons (Fsp3) is 0. The molecular formula is C6H5N3O. The molecule has 0 aliphatic carbocycles. The Labute approximate surface area is 57.1 Å². The van der Waals surface area contributed by atoms with Crippen molar-refractivity contribution in [1.29, 1.82) is 0 Å². The zero-order valence-corrected chi connectivity index (χ0v) is 5.19. The van der Waals surface area contributed by atoms with Crippen LogP contribution in [0.1, 0.15) is 0 Å². The molecule has 0 saturated carbocycles. The minimum Gasteiger partial charge on any atom is -0.356 e. The third-order valence-corrected chi connectivity index (χ3v) is 1.26. The highest BCUT2D eigenvalue weighted by molar-refractivity contribution is 5.52. The lowest BCUT2D eigenvalue weighted by Gasteiger charge is -1.82. The van der Waals surface area contributed by atoms with E-state index in [-0.39, 0.29) is 0 Å². The second-order valence-electron chi connectivity index (χ2n) is 1.86. The highest BCUT2D eigenvalue weighted by Crippen LogP contribution is 2.19. The molecule has 0 radical (unpaired) electrons. The Morgan fingerprint density at radius 3 is 3.30 bits per heavy atom. The summed E-state index contributed by atoms with van der Waals surface area (Å²) in [6, 6.07) is 1.77. The predicted molar refractivity (Wildman–Crippen MR) is 36.1 cm³/mol. The van der Waals surface area contributed by atoms with Gasteiger partial charge in [0.25, 0.3) is 0 Å². The van der Waals surface area contributed by atoms with E-state index in [0.717, 1.165) is 11.5 Å². The lowest BCUT2D eigenvalue weighted by atomic mass is 10.4. The molecule has 4 heteroatoms. The number of aromatic nitrogens is 2. The van der Waals surface area contributed by atoms with Crippen molar-refractivity contribution in [3.8, 4) is 11.5 Å². The standard InChI is InChI=1S/C6H5N3O/c1-7-9-4-5-6(10-9)2-3-8-5/h2-4H,1H2. The van der Waals surface area contributed by atoms with Gasteiger partial charge >= 0.3 is 0 Å². The first-order valence-electron chi connectivity index (χ1n) is 2.80. The van der Waals surface area contributed by atoms with Crippen molar-refractivity contribution < 1.29 is 4.52 Å². The van der Waals surface area contributed by atoms with Crippen molar-refractivity contribution >= 4 is 6.72 Å². The van der Waals surface area contributed by atoms with Crippen molar-refractivity contribution in [2.24, 2.45) is 5.10 Å². The van der Waals surface area contributed by atoms with Gasteiger partial charge in [0.1, 0.15) is 5.69 Å². The Bertz CT molecular complexity index is 296. The summed E-state index contributed by atoms with van der Waals surface area (Å²) in [6.45, 7) is 3.30. The lowest BCUT2D eigenvalue weighted by molar-refractivity contribution is 0.312. The molecule has 0 aromatic heterocycles. The van der Waals surface area contributed by atoms with Gasteiger partial charge in [0.2, 0.25) is 0 Å². The Kier molecular flexibility index (Phi) is 0.887. The van der Waals surface area contributed by atoms with Gasteiger partial charge in [-0.25, -0.2) is 0 Å². The number of hydrogen-bond acceptors (Lipinski definition) is 3. The van der Waals surface area contributed by atoms with Gasteiger partial charge in [0.15, 0.2) is 5.76 Å². The monoisotopic (exact) mass is 135 g/mol. The van der Waals surface area contributed by atoms with Crippen molar-refractivity contribution in [3.05, 3.63) is 18.5 Å². The molecule has 0 spiro atoms. The van der Waals surface area contributed by atoms with E-state index in [4.69, 9.17) is 4.52 Å². The van der Waals surface area contributed by atoms with Crippen LogP contribution in [0.25, 0.3) is 11.5 Å². The summed E-state index contributed by atoms with van der Waals surface area (Å²) in [5, 5.41) is 3.54. The Hall–Kier alpha value is -1.58. The first kappa shape index (κ1) is 5.22. The fourth-order valence-corrected chi connectivity index (χ4v) is 0.810. The van der Waals surface area contributed by atoms with Crippen molar-refractivity contribution in [2.45, 2.75) is 0 Å². The van der Waals surface area contributed by atoms with Gasteiger partial charge in [-0.2, -0.15) is 5.10 Å². The third-order valence-electron chi connectivity index (χ3n) is 1.26. The molecule has 4 nitrogen and oxygen atoms in total. The fourth-order valence-electron chi connectivity index (χ4n) is 0.810. The molecule has 0 fully saturated rings. The Balaban J connectivity index is 2.67. The highest BCUT2D eigenvalue weighted by atomic mass is 16.5. The molecular weight excluding hydrogens is 130 g/mol. The molecule has 2 heterocycles. The van der Waals surface area contributed by atoms with Crippen LogP contribution in [0.4, 0.5) is 0 Å². The summed E-state index contributed by atoms with van der Waals surface area (Å²) in [6.07, 6.45) is 3.35. The largest absolute Gasteiger partial charge is 0.356 e. The summed E-state index contributed by atoms with van der Waals surface area (Å²) in [5.74, 6) is 0.729. The molecule has 0 aromatic carbocycles. The number of hydrogen-bond donors (Lipinski definition) is 0. The average molecular weight is 135 g/mol. The van der Waals surface area contributed by atoms with E-state index in [1.165, 1.54) is 4.85 Å². The molecule has 0 saturated heterocycles. The zero-order valence-electron chi connectivity index (χ0n) is 5.19. The number of rotatable bonds is 1. The predicted octanol–water partition coefficient (Wildman–Crippen LogP) is 1.04.